The molecule has 0 unspecified atom stereocenters. The molecule has 4 fully saturated rings. The lowest BCUT2D eigenvalue weighted by molar-refractivity contribution is -0.384. The van der Waals surface area contributed by atoms with Gasteiger partial charge < -0.3 is 29.9 Å². The van der Waals surface area contributed by atoms with Crippen molar-refractivity contribution in [1.82, 2.24) is 24.8 Å². The molecule has 5 aromatic rings. The number of aliphatic hydroxyl groups is 1. The summed E-state index contributed by atoms with van der Waals surface area (Å²) in [5.74, 6) is -0.562. The number of nitro groups is 1. The van der Waals surface area contributed by atoms with Crippen LogP contribution in [-0.2, 0) is 14.6 Å². The molecule has 3 aromatic heterocycles. The second-order valence-corrected chi connectivity index (χ2v) is 22.2. The molecule has 16 nitrogen and oxygen atoms in total. The van der Waals surface area contributed by atoms with Crippen molar-refractivity contribution in [2.75, 3.05) is 55.2 Å². The van der Waals surface area contributed by atoms with E-state index in [0.29, 0.717) is 49.3 Å². The van der Waals surface area contributed by atoms with Crippen LogP contribution in [0.3, 0.4) is 0 Å². The van der Waals surface area contributed by atoms with Crippen LogP contribution in [0.1, 0.15) is 113 Å². The molecule has 2 saturated carbocycles. The molecule has 0 radical (unpaired) electrons. The van der Waals surface area contributed by atoms with Gasteiger partial charge in [-0.2, -0.15) is 0 Å². The van der Waals surface area contributed by atoms with Crippen molar-refractivity contribution in [2.24, 2.45) is 11.3 Å². The first-order valence-corrected chi connectivity index (χ1v) is 25.6. The number of rotatable bonds is 14. The lowest BCUT2D eigenvalue weighted by atomic mass is 9.59. The Morgan fingerprint density at radius 1 is 0.985 bits per heavy atom. The third-order valence-corrected chi connectivity index (χ3v) is 16.8. The number of sulfone groups is 1. The quantitative estimate of drug-likeness (QED) is 0.0544. The number of carbonyl (C=O) groups excluding carboxylic acids is 2. The van der Waals surface area contributed by atoms with Gasteiger partial charge in [0.25, 0.3) is 0 Å². The zero-order valence-corrected chi connectivity index (χ0v) is 40.1. The zero-order chi connectivity index (χ0) is 48.0. The summed E-state index contributed by atoms with van der Waals surface area (Å²) >= 11 is 0. The second-order valence-electron chi connectivity index (χ2n) is 20.2. The summed E-state index contributed by atoms with van der Waals surface area (Å²) < 4.78 is 34.1. The Bertz CT molecular complexity index is 2800. The number of ketones is 1. The van der Waals surface area contributed by atoms with Gasteiger partial charge in [0.2, 0.25) is 11.7 Å². The van der Waals surface area contributed by atoms with Crippen LogP contribution in [0.25, 0.3) is 11.0 Å². The molecule has 1 spiro atoms. The number of aromatic amines is 1. The summed E-state index contributed by atoms with van der Waals surface area (Å²) in [4.78, 5) is 56.3. The lowest BCUT2D eigenvalue weighted by Crippen LogP contribution is -2.60. The number of piperazine rings is 1. The number of nitrogens with zero attached hydrogens (tertiary/aromatic N) is 6. The number of nitrogens with one attached hydrogen (secondary N) is 2. The maximum Gasteiger partial charge on any atom is 0.312 e. The number of aromatic nitrogens is 3. The van der Waals surface area contributed by atoms with Gasteiger partial charge >= 0.3 is 5.69 Å². The number of anilines is 2. The van der Waals surface area contributed by atoms with Gasteiger partial charge in [0.1, 0.15) is 22.9 Å². The third-order valence-electron chi connectivity index (χ3n) is 15.2. The van der Waals surface area contributed by atoms with Crippen LogP contribution in [0.4, 0.5) is 17.2 Å². The van der Waals surface area contributed by atoms with E-state index >= 15 is 0 Å². The minimum Gasteiger partial charge on any atom is -0.455 e. The van der Waals surface area contributed by atoms with E-state index in [0.717, 1.165) is 88.0 Å². The van der Waals surface area contributed by atoms with Crippen molar-refractivity contribution in [3.63, 3.8) is 0 Å². The fourth-order valence-corrected chi connectivity index (χ4v) is 12.2. The van der Waals surface area contributed by atoms with Gasteiger partial charge in [-0.15, -0.1) is 0 Å². The Balaban J connectivity index is 0.901. The zero-order valence-electron chi connectivity index (χ0n) is 39.3. The molecule has 2 aromatic carbocycles. The average molecular weight is 947 g/mol. The molecule has 1 atom stereocenters. The van der Waals surface area contributed by atoms with Gasteiger partial charge in [0.05, 0.1) is 33.2 Å². The molecule has 2 aliphatic carbocycles. The molecule has 2 aliphatic heterocycles. The first kappa shape index (κ1) is 47.2. The van der Waals surface area contributed by atoms with Crippen LogP contribution < -0.4 is 15.0 Å². The van der Waals surface area contributed by atoms with Crippen LogP contribution >= 0.6 is 0 Å². The first-order chi connectivity index (χ1) is 32.5. The molecule has 9 rings (SSSR count). The number of H-pyrrole nitrogens is 1. The first-order valence-electron chi connectivity index (χ1n) is 23.9. The summed E-state index contributed by atoms with van der Waals surface area (Å²) in [6.45, 7) is 12.2. The molecule has 4 aliphatic rings. The third kappa shape index (κ3) is 9.97. The molecule has 68 heavy (non-hydrogen) atoms. The number of pyridine rings is 2. The van der Waals surface area contributed by atoms with Crippen molar-refractivity contribution >= 4 is 49.8 Å². The van der Waals surface area contributed by atoms with Gasteiger partial charge in [-0.25, -0.2) is 18.4 Å². The number of fused-ring (bicyclic) bond motifs is 1. The number of piperidine rings is 1. The largest absolute Gasteiger partial charge is 0.455 e. The summed E-state index contributed by atoms with van der Waals surface area (Å²) in [5.41, 5.74) is 3.18. The van der Waals surface area contributed by atoms with Crippen LogP contribution in [0.5, 0.6) is 11.5 Å². The Morgan fingerprint density at radius 3 is 2.46 bits per heavy atom. The van der Waals surface area contributed by atoms with Crippen molar-refractivity contribution in [1.29, 1.82) is 0 Å². The number of ether oxygens (including phenoxy) is 1. The van der Waals surface area contributed by atoms with Gasteiger partial charge in [0, 0.05) is 87.8 Å². The highest BCUT2D eigenvalue weighted by atomic mass is 32.2. The molecule has 1 amide bonds. The summed E-state index contributed by atoms with van der Waals surface area (Å²) in [6.07, 6.45) is 11.2. The lowest BCUT2D eigenvalue weighted by Gasteiger charge is -2.58. The van der Waals surface area contributed by atoms with Gasteiger partial charge in [-0.1, -0.05) is 38.1 Å². The van der Waals surface area contributed by atoms with Crippen molar-refractivity contribution < 1.29 is 32.8 Å². The van der Waals surface area contributed by atoms with Crippen LogP contribution in [0, 0.1) is 21.4 Å². The summed E-state index contributed by atoms with van der Waals surface area (Å²) in [5, 5.41) is 26.3. The van der Waals surface area contributed by atoms with E-state index in [9.17, 15) is 33.2 Å². The van der Waals surface area contributed by atoms with E-state index in [2.05, 4.69) is 68.2 Å². The second kappa shape index (κ2) is 18.9. The molecule has 0 bridgehead atoms. The normalized spacial score (nSPS) is 22.3. The number of Topliss-reactive ketones (excluding diaryl/α,β-unsaturated/α-hetero) is 1. The van der Waals surface area contributed by atoms with E-state index in [1.165, 1.54) is 11.1 Å². The predicted molar refractivity (Wildman–Crippen MR) is 260 cm³/mol. The van der Waals surface area contributed by atoms with Gasteiger partial charge in [-0.3, -0.25) is 24.6 Å². The SMILES string of the molecule is CC(=O)N1CCN(C2CC3(CCN(c4ccc(C(=O)CS(=O)(=O)c5cnc(NC[C@H]6CC[C@](C)(O)CC6)c([N+](=O)[O-])c5)c(Oc5cnc6[nH]ccc6c5)c4)CC3)C2)[C@H](c2ccccc2C(C)C)C1. The van der Waals surface area contributed by atoms with Crippen molar-refractivity contribution in [3.8, 4) is 11.5 Å². The van der Waals surface area contributed by atoms with E-state index in [1.54, 1.807) is 44.4 Å². The van der Waals surface area contributed by atoms with E-state index < -0.39 is 42.5 Å². The molecule has 2 saturated heterocycles. The fraction of sp³-hybridized carbons (Fsp3) is 0.490. The molecule has 3 N–H and O–H groups in total. The Kier molecular flexibility index (Phi) is 13.1. The maximum absolute atomic E-state index is 14.1. The number of benzene rings is 2. The van der Waals surface area contributed by atoms with Gasteiger partial charge in [0.15, 0.2) is 15.6 Å². The topological polar surface area (TPSA) is 204 Å². The van der Waals surface area contributed by atoms with Crippen LogP contribution in [0.2, 0.25) is 0 Å². The van der Waals surface area contributed by atoms with Crippen molar-refractivity contribution in [3.05, 3.63) is 106 Å². The minimum absolute atomic E-state index is 0.0486. The van der Waals surface area contributed by atoms with E-state index in [1.807, 2.05) is 17.0 Å². The predicted octanol–water partition coefficient (Wildman–Crippen LogP) is 8.45. The summed E-state index contributed by atoms with van der Waals surface area (Å²) in [6, 6.07) is 19.1. The molecule has 360 valence electrons. The van der Waals surface area contributed by atoms with E-state index in [4.69, 9.17) is 4.74 Å². The van der Waals surface area contributed by atoms with Crippen LogP contribution in [-0.4, -0.2) is 112 Å². The molecular formula is C51H62N8O8S. The monoisotopic (exact) mass is 946 g/mol. The smallest absolute Gasteiger partial charge is 0.312 e. The number of amides is 1. The van der Waals surface area contributed by atoms with Crippen LogP contribution in [0.15, 0.2) is 84.1 Å². The number of hydrogen-bond acceptors (Lipinski definition) is 13. The average Bonchev–Trinajstić information content (AvgIpc) is 3.78. The fourth-order valence-electron chi connectivity index (χ4n) is 11.0. The Hall–Kier alpha value is -5.91. The highest BCUT2D eigenvalue weighted by Gasteiger charge is 2.50. The highest BCUT2D eigenvalue weighted by Crippen LogP contribution is 2.53. The van der Waals surface area contributed by atoms with E-state index in [-0.39, 0.29) is 40.4 Å². The molecule has 17 heteroatoms. The highest BCUT2D eigenvalue weighted by molar-refractivity contribution is 7.92. The molecule has 5 heterocycles. The molecular weight excluding hydrogens is 885 g/mol. The number of hydrogen-bond donors (Lipinski definition) is 3. The Morgan fingerprint density at radius 2 is 1.74 bits per heavy atom. The maximum atomic E-state index is 14.1. The Labute approximate surface area is 397 Å². The summed E-state index contributed by atoms with van der Waals surface area (Å²) in [7, 11) is -4.40. The van der Waals surface area contributed by atoms with Gasteiger partial charge in [-0.05, 0) is 111 Å². The minimum atomic E-state index is -4.40. The standard InChI is InChI=1S/C51H62N8O8S/c1-33(2)41-7-5-6-8-42(41)45-31-57(34(3)60)21-22-58(45)38-26-51(27-38)16-19-56(20-17-51)37-9-10-43(47(24-37)67-39-23-36-13-18-52-48(36)54-29-39)46(61)32-68(65,66)40-25-44(59(63)64)49(55-30-40)53-28-35-11-14-50(4,62)15-12-35/h5-10,13,18,23-25,29-30,33,35,38,45,62H,11-12,14-17,19-22,26-28,31-32H2,1-4H3,(H,52,54)(H,53,55)/t35-,45-,50-/m0/s1. The number of carbonyl (C=O) groups is 2. The van der Waals surface area contributed by atoms with Crippen molar-refractivity contribution in [2.45, 2.75) is 108 Å².